The van der Waals surface area contributed by atoms with Gasteiger partial charge in [0.25, 0.3) is 0 Å². The fourth-order valence-electron chi connectivity index (χ4n) is 1.20. The lowest BCUT2D eigenvalue weighted by Gasteiger charge is -1.80. The van der Waals surface area contributed by atoms with Crippen LogP contribution in [-0.2, 0) is 4.74 Å². The van der Waals surface area contributed by atoms with Crippen LogP contribution in [0.5, 0.6) is 0 Å². The van der Waals surface area contributed by atoms with Crippen molar-refractivity contribution in [2.45, 2.75) is 12.8 Å². The summed E-state index contributed by atoms with van der Waals surface area (Å²) in [5.74, 6) is 0. The first kappa shape index (κ1) is 9.08. The maximum atomic E-state index is 4.94. The molecule has 0 radical (unpaired) electrons. The first-order valence-electron chi connectivity index (χ1n) is 4.63. The molecule has 1 fully saturated rings. The van der Waals surface area contributed by atoms with E-state index in [2.05, 4.69) is 19.9 Å². The van der Waals surface area contributed by atoms with Gasteiger partial charge in [-0.2, -0.15) is 0 Å². The van der Waals surface area contributed by atoms with Gasteiger partial charge in [-0.25, -0.2) is 15.0 Å². The molecule has 0 unspecified atom stereocenters. The van der Waals surface area contributed by atoms with Crippen molar-refractivity contribution in [1.82, 2.24) is 19.9 Å². The summed E-state index contributed by atoms with van der Waals surface area (Å²) in [4.78, 5) is 14.5. The quantitative estimate of drug-likeness (QED) is 0.680. The minimum atomic E-state index is 0.713. The molecule has 1 aliphatic rings. The summed E-state index contributed by atoms with van der Waals surface area (Å²) in [6.45, 7) is 2.00. The lowest BCUT2D eigenvalue weighted by Crippen LogP contribution is -1.76. The van der Waals surface area contributed by atoms with Crippen LogP contribution in [0.3, 0.4) is 0 Å². The number of fused-ring (bicyclic) bond motifs is 1. The summed E-state index contributed by atoms with van der Waals surface area (Å²) < 4.78 is 4.94. The van der Waals surface area contributed by atoms with E-state index in [1.807, 2.05) is 0 Å². The Labute approximate surface area is 81.6 Å². The molecule has 1 aliphatic heterocycles. The fourth-order valence-corrected chi connectivity index (χ4v) is 1.20. The predicted octanol–water partition coefficient (Wildman–Crippen LogP) is 1.15. The van der Waals surface area contributed by atoms with Crippen molar-refractivity contribution in [3.05, 3.63) is 18.9 Å². The Bertz CT molecular complexity index is 345. The molecule has 0 atom stereocenters. The third kappa shape index (κ3) is 2.26. The Hall–Kier alpha value is -1.49. The summed E-state index contributed by atoms with van der Waals surface area (Å²) in [5.41, 5.74) is 1.59. The number of H-pyrrole nitrogens is 1. The Balaban J connectivity index is 0.000000128. The molecule has 0 spiro atoms. The molecular formula is C9H12N4O. The van der Waals surface area contributed by atoms with Crippen molar-refractivity contribution in [2.75, 3.05) is 13.2 Å². The van der Waals surface area contributed by atoms with Crippen LogP contribution >= 0.6 is 0 Å². The van der Waals surface area contributed by atoms with Crippen molar-refractivity contribution in [2.24, 2.45) is 0 Å². The first-order valence-corrected chi connectivity index (χ1v) is 4.63. The average Bonchev–Trinajstić information content (AvgIpc) is 2.92. The molecule has 1 N–H and O–H groups in total. The van der Waals surface area contributed by atoms with Gasteiger partial charge in [0.1, 0.15) is 11.8 Å². The van der Waals surface area contributed by atoms with Crippen LogP contribution < -0.4 is 0 Å². The number of nitrogens with zero attached hydrogens (tertiary/aromatic N) is 3. The molecule has 2 aromatic rings. The van der Waals surface area contributed by atoms with Gasteiger partial charge in [-0.1, -0.05) is 0 Å². The number of hydrogen-bond acceptors (Lipinski definition) is 4. The second-order valence-corrected chi connectivity index (χ2v) is 2.98. The smallest absolute Gasteiger partial charge is 0.180 e. The molecule has 5 heteroatoms. The van der Waals surface area contributed by atoms with Crippen LogP contribution in [0.1, 0.15) is 12.8 Å². The van der Waals surface area contributed by atoms with Crippen LogP contribution in [0.4, 0.5) is 0 Å². The Morgan fingerprint density at radius 3 is 2.71 bits per heavy atom. The molecule has 0 aromatic carbocycles. The van der Waals surface area contributed by atoms with Gasteiger partial charge in [-0.15, -0.1) is 0 Å². The lowest BCUT2D eigenvalue weighted by atomic mass is 10.4. The Morgan fingerprint density at radius 2 is 2.07 bits per heavy atom. The second-order valence-electron chi connectivity index (χ2n) is 2.98. The summed E-state index contributed by atoms with van der Waals surface area (Å²) in [6.07, 6.45) is 7.32. The zero-order chi connectivity index (χ0) is 9.64. The van der Waals surface area contributed by atoms with Gasteiger partial charge in [0.15, 0.2) is 5.65 Å². The monoisotopic (exact) mass is 192 g/mol. The molecule has 0 bridgehead atoms. The van der Waals surface area contributed by atoms with E-state index in [4.69, 9.17) is 4.74 Å². The van der Waals surface area contributed by atoms with E-state index in [-0.39, 0.29) is 0 Å². The van der Waals surface area contributed by atoms with Gasteiger partial charge in [-0.05, 0) is 12.8 Å². The number of hydrogen-bond donors (Lipinski definition) is 1. The highest BCUT2D eigenvalue weighted by molar-refractivity contribution is 5.67. The van der Waals surface area contributed by atoms with E-state index in [1.165, 1.54) is 19.2 Å². The van der Waals surface area contributed by atoms with Gasteiger partial charge < -0.3 is 9.72 Å². The number of aromatic amines is 1. The first-order chi connectivity index (χ1) is 6.97. The van der Waals surface area contributed by atoms with Crippen LogP contribution in [-0.4, -0.2) is 33.1 Å². The van der Waals surface area contributed by atoms with Crippen molar-refractivity contribution >= 4 is 11.2 Å². The SMILES string of the molecule is C1CCOC1.c1ncc2[nH]cnc2n1. The van der Waals surface area contributed by atoms with Gasteiger partial charge in [-0.3, -0.25) is 0 Å². The largest absolute Gasteiger partial charge is 0.381 e. The van der Waals surface area contributed by atoms with E-state index in [9.17, 15) is 0 Å². The van der Waals surface area contributed by atoms with E-state index in [1.54, 1.807) is 12.5 Å². The topological polar surface area (TPSA) is 63.7 Å². The normalized spacial score (nSPS) is 15.1. The Kier molecular flexibility index (Phi) is 3.03. The summed E-state index contributed by atoms with van der Waals surface area (Å²) in [7, 11) is 0. The van der Waals surface area contributed by atoms with Crippen molar-refractivity contribution in [3.8, 4) is 0 Å². The second kappa shape index (κ2) is 4.66. The average molecular weight is 192 g/mol. The molecule has 2 aromatic heterocycles. The van der Waals surface area contributed by atoms with Gasteiger partial charge in [0.05, 0.1) is 12.5 Å². The molecule has 3 heterocycles. The van der Waals surface area contributed by atoms with Gasteiger partial charge in [0, 0.05) is 13.2 Å². The Morgan fingerprint density at radius 1 is 1.21 bits per heavy atom. The van der Waals surface area contributed by atoms with E-state index in [0.717, 1.165) is 18.7 Å². The zero-order valence-electron chi connectivity index (χ0n) is 7.81. The van der Waals surface area contributed by atoms with Crippen LogP contribution in [0.25, 0.3) is 11.2 Å². The molecule has 74 valence electrons. The molecular weight excluding hydrogens is 180 g/mol. The van der Waals surface area contributed by atoms with Crippen LogP contribution in [0, 0.1) is 0 Å². The maximum absolute atomic E-state index is 4.94. The standard InChI is InChI=1S/C5H4N4.C4H8O/c1-4-5(8-2-6-1)9-3-7-4;1-2-4-5-3-1/h1-3H,(H,6,7,8,9);1-4H2. The summed E-state index contributed by atoms with van der Waals surface area (Å²) in [5, 5.41) is 0. The van der Waals surface area contributed by atoms with Crippen molar-refractivity contribution < 1.29 is 4.74 Å². The molecule has 5 nitrogen and oxygen atoms in total. The number of nitrogens with one attached hydrogen (secondary N) is 1. The number of imidazole rings is 1. The number of rotatable bonds is 0. The molecule has 0 saturated carbocycles. The molecule has 0 aliphatic carbocycles. The number of aromatic nitrogens is 4. The van der Waals surface area contributed by atoms with Crippen LogP contribution in [0.2, 0.25) is 0 Å². The zero-order valence-corrected chi connectivity index (χ0v) is 7.81. The van der Waals surface area contributed by atoms with E-state index in [0.29, 0.717) is 5.65 Å². The summed E-state index contributed by atoms with van der Waals surface area (Å²) >= 11 is 0. The molecule has 1 saturated heterocycles. The van der Waals surface area contributed by atoms with Crippen molar-refractivity contribution in [1.29, 1.82) is 0 Å². The predicted molar refractivity (Wildman–Crippen MR) is 51.7 cm³/mol. The van der Waals surface area contributed by atoms with Gasteiger partial charge >= 0.3 is 0 Å². The fraction of sp³-hybridized carbons (Fsp3) is 0.444. The molecule has 14 heavy (non-hydrogen) atoms. The molecule has 3 rings (SSSR count). The highest BCUT2D eigenvalue weighted by Gasteiger charge is 1.94. The van der Waals surface area contributed by atoms with Gasteiger partial charge in [0.2, 0.25) is 0 Å². The molecule has 0 amide bonds. The minimum Gasteiger partial charge on any atom is -0.381 e. The number of ether oxygens (including phenoxy) is 1. The van der Waals surface area contributed by atoms with E-state index >= 15 is 0 Å². The minimum absolute atomic E-state index is 0.713. The van der Waals surface area contributed by atoms with Crippen LogP contribution in [0.15, 0.2) is 18.9 Å². The third-order valence-corrected chi connectivity index (χ3v) is 1.93. The van der Waals surface area contributed by atoms with E-state index < -0.39 is 0 Å². The maximum Gasteiger partial charge on any atom is 0.180 e. The lowest BCUT2D eigenvalue weighted by molar-refractivity contribution is 0.198. The summed E-state index contributed by atoms with van der Waals surface area (Å²) in [6, 6.07) is 0. The van der Waals surface area contributed by atoms with Crippen molar-refractivity contribution in [3.63, 3.8) is 0 Å². The third-order valence-electron chi connectivity index (χ3n) is 1.93. The highest BCUT2D eigenvalue weighted by Crippen LogP contribution is 1.99. The highest BCUT2D eigenvalue weighted by atomic mass is 16.5.